The van der Waals surface area contributed by atoms with Gasteiger partial charge in [0.25, 0.3) is 5.91 Å². The van der Waals surface area contributed by atoms with E-state index in [2.05, 4.69) is 26.3 Å². The van der Waals surface area contributed by atoms with Gasteiger partial charge in [-0.25, -0.2) is 4.98 Å². The molecule has 1 fully saturated rings. The zero-order chi connectivity index (χ0) is 17.2. The van der Waals surface area contributed by atoms with Crippen molar-refractivity contribution in [2.24, 2.45) is 0 Å². The number of benzene rings is 2. The zero-order valence-corrected chi connectivity index (χ0v) is 13.8. The number of imidazole rings is 1. The fourth-order valence-corrected chi connectivity index (χ4v) is 3.24. The van der Waals surface area contributed by atoms with Crippen LogP contribution in [0.5, 0.6) is 0 Å². The Kier molecular flexibility index (Phi) is 4.11. The minimum Gasteiger partial charge on any atom is -0.388 e. The van der Waals surface area contributed by atoms with Crippen LogP contribution in [0.1, 0.15) is 29.0 Å². The molecule has 1 aromatic heterocycles. The van der Waals surface area contributed by atoms with Crippen LogP contribution in [0.25, 0.3) is 11.0 Å². The number of carbonyl (C=O) groups is 1. The summed E-state index contributed by atoms with van der Waals surface area (Å²) in [4.78, 5) is 22.1. The van der Waals surface area contributed by atoms with E-state index < -0.39 is 0 Å². The Morgan fingerprint density at radius 3 is 2.84 bits per heavy atom. The molecular weight excluding hydrogens is 316 g/mol. The number of amides is 1. The van der Waals surface area contributed by atoms with Crippen LogP contribution in [-0.4, -0.2) is 34.1 Å². The first-order chi connectivity index (χ1) is 12.2. The fourth-order valence-electron chi connectivity index (χ4n) is 3.24. The van der Waals surface area contributed by atoms with Crippen molar-refractivity contribution in [3.05, 3.63) is 53.9 Å². The summed E-state index contributed by atoms with van der Waals surface area (Å²) in [7, 11) is 0. The molecule has 3 aromatic rings. The van der Waals surface area contributed by atoms with Gasteiger partial charge in [-0.05, 0) is 49.2 Å². The Hall–Kier alpha value is -2.86. The molecule has 0 radical (unpaired) electrons. The summed E-state index contributed by atoms with van der Waals surface area (Å²) in [5.74, 6) is 0.325. The monoisotopic (exact) mass is 336 g/mol. The van der Waals surface area contributed by atoms with E-state index in [0.717, 1.165) is 35.5 Å². The number of hydrogen-bond acceptors (Lipinski definition) is 4. The van der Waals surface area contributed by atoms with E-state index in [0.29, 0.717) is 11.4 Å². The van der Waals surface area contributed by atoms with Gasteiger partial charge in [0.05, 0.1) is 11.0 Å². The number of aromatic amines is 1. The molecule has 1 aliphatic rings. The third kappa shape index (κ3) is 3.21. The molecule has 2 aromatic carbocycles. The normalized spacial score (nSPS) is 14.2. The van der Waals surface area contributed by atoms with Crippen LogP contribution in [0, 0.1) is 0 Å². The van der Waals surface area contributed by atoms with Crippen molar-refractivity contribution < 1.29 is 9.90 Å². The minimum atomic E-state index is -0.166. The van der Waals surface area contributed by atoms with Crippen molar-refractivity contribution in [3.8, 4) is 0 Å². The van der Waals surface area contributed by atoms with Crippen LogP contribution in [-0.2, 0) is 6.61 Å². The lowest BCUT2D eigenvalue weighted by atomic mass is 10.2. The molecule has 4 rings (SSSR count). The maximum Gasteiger partial charge on any atom is 0.255 e. The summed E-state index contributed by atoms with van der Waals surface area (Å²) >= 11 is 0. The second-order valence-electron chi connectivity index (χ2n) is 6.27. The Balaban J connectivity index is 1.54. The van der Waals surface area contributed by atoms with Crippen LogP contribution >= 0.6 is 0 Å². The van der Waals surface area contributed by atoms with Crippen molar-refractivity contribution in [1.29, 1.82) is 0 Å². The van der Waals surface area contributed by atoms with E-state index in [1.54, 1.807) is 18.2 Å². The summed E-state index contributed by atoms with van der Waals surface area (Å²) in [6, 6.07) is 13.2. The number of nitrogens with zero attached hydrogens (tertiary/aromatic N) is 2. The second-order valence-corrected chi connectivity index (χ2v) is 6.27. The second kappa shape index (κ2) is 6.57. The maximum atomic E-state index is 12.6. The van der Waals surface area contributed by atoms with Crippen molar-refractivity contribution in [1.82, 2.24) is 9.97 Å². The van der Waals surface area contributed by atoms with Crippen molar-refractivity contribution in [3.63, 3.8) is 0 Å². The SMILES string of the molecule is O=C(Nc1cccc(N2CCCC2)c1)c1ccc2nc(CO)[nH]c2c1. The van der Waals surface area contributed by atoms with E-state index in [1.165, 1.54) is 12.8 Å². The molecule has 3 N–H and O–H groups in total. The van der Waals surface area contributed by atoms with Gasteiger partial charge in [-0.2, -0.15) is 0 Å². The fraction of sp³-hybridized carbons (Fsp3) is 0.263. The molecule has 128 valence electrons. The van der Waals surface area contributed by atoms with Crippen molar-refractivity contribution in [2.45, 2.75) is 19.4 Å². The molecule has 1 aliphatic heterocycles. The lowest BCUT2D eigenvalue weighted by Gasteiger charge is -2.18. The predicted octanol–water partition coefficient (Wildman–Crippen LogP) is 2.91. The Bertz CT molecular complexity index is 913. The average Bonchev–Trinajstić information content (AvgIpc) is 3.30. The number of fused-ring (bicyclic) bond motifs is 1. The lowest BCUT2D eigenvalue weighted by Crippen LogP contribution is -2.18. The first-order valence-corrected chi connectivity index (χ1v) is 8.49. The number of H-pyrrole nitrogens is 1. The van der Waals surface area contributed by atoms with Gasteiger partial charge in [0.2, 0.25) is 0 Å². The van der Waals surface area contributed by atoms with Crippen LogP contribution in [0.3, 0.4) is 0 Å². The molecule has 2 heterocycles. The van der Waals surface area contributed by atoms with Gasteiger partial charge >= 0.3 is 0 Å². The summed E-state index contributed by atoms with van der Waals surface area (Å²) in [5.41, 5.74) is 3.95. The third-order valence-electron chi connectivity index (χ3n) is 4.52. The number of anilines is 2. The maximum absolute atomic E-state index is 12.6. The number of hydrogen-bond donors (Lipinski definition) is 3. The van der Waals surface area contributed by atoms with E-state index in [1.807, 2.05) is 18.2 Å². The number of aliphatic hydroxyl groups is 1. The van der Waals surface area contributed by atoms with Gasteiger partial charge in [0.1, 0.15) is 12.4 Å². The molecule has 6 heteroatoms. The minimum absolute atomic E-state index is 0.153. The molecule has 0 unspecified atom stereocenters. The molecule has 1 saturated heterocycles. The molecule has 25 heavy (non-hydrogen) atoms. The van der Waals surface area contributed by atoms with Crippen molar-refractivity contribution in [2.75, 3.05) is 23.3 Å². The Labute approximate surface area is 145 Å². The molecule has 0 aliphatic carbocycles. The average molecular weight is 336 g/mol. The van der Waals surface area contributed by atoms with Gasteiger partial charge in [-0.15, -0.1) is 0 Å². The molecule has 0 bridgehead atoms. The Morgan fingerprint density at radius 1 is 1.20 bits per heavy atom. The Morgan fingerprint density at radius 2 is 2.04 bits per heavy atom. The molecular formula is C19H20N4O2. The quantitative estimate of drug-likeness (QED) is 0.684. The van der Waals surface area contributed by atoms with Gasteiger partial charge in [0.15, 0.2) is 0 Å². The highest BCUT2D eigenvalue weighted by atomic mass is 16.3. The van der Waals surface area contributed by atoms with Gasteiger partial charge in [0, 0.05) is 30.0 Å². The van der Waals surface area contributed by atoms with Crippen LogP contribution in [0.4, 0.5) is 11.4 Å². The van der Waals surface area contributed by atoms with Gasteiger partial charge in [-0.3, -0.25) is 4.79 Å². The lowest BCUT2D eigenvalue weighted by molar-refractivity contribution is 0.102. The van der Waals surface area contributed by atoms with Gasteiger partial charge in [-0.1, -0.05) is 6.07 Å². The number of aliphatic hydroxyl groups excluding tert-OH is 1. The third-order valence-corrected chi connectivity index (χ3v) is 4.52. The predicted molar refractivity (Wildman–Crippen MR) is 97.9 cm³/mol. The molecule has 6 nitrogen and oxygen atoms in total. The van der Waals surface area contributed by atoms with Crippen LogP contribution in [0.2, 0.25) is 0 Å². The smallest absolute Gasteiger partial charge is 0.255 e. The molecule has 0 spiro atoms. The highest BCUT2D eigenvalue weighted by molar-refractivity contribution is 6.06. The summed E-state index contributed by atoms with van der Waals surface area (Å²) in [6.07, 6.45) is 2.44. The number of aromatic nitrogens is 2. The van der Waals surface area contributed by atoms with Gasteiger partial charge < -0.3 is 20.3 Å². The van der Waals surface area contributed by atoms with E-state index >= 15 is 0 Å². The summed E-state index contributed by atoms with van der Waals surface area (Å²) in [6.45, 7) is 1.99. The van der Waals surface area contributed by atoms with E-state index in [4.69, 9.17) is 5.11 Å². The highest BCUT2D eigenvalue weighted by Gasteiger charge is 2.14. The first-order valence-electron chi connectivity index (χ1n) is 8.49. The molecule has 0 saturated carbocycles. The van der Waals surface area contributed by atoms with Crippen LogP contribution in [0.15, 0.2) is 42.5 Å². The number of carbonyl (C=O) groups excluding carboxylic acids is 1. The number of rotatable bonds is 4. The molecule has 0 atom stereocenters. The van der Waals surface area contributed by atoms with Crippen LogP contribution < -0.4 is 10.2 Å². The van der Waals surface area contributed by atoms with E-state index in [-0.39, 0.29) is 12.5 Å². The van der Waals surface area contributed by atoms with Crippen molar-refractivity contribution >= 4 is 28.3 Å². The largest absolute Gasteiger partial charge is 0.388 e. The summed E-state index contributed by atoms with van der Waals surface area (Å²) < 4.78 is 0. The molecule has 1 amide bonds. The van der Waals surface area contributed by atoms with E-state index in [9.17, 15) is 4.79 Å². The number of nitrogens with one attached hydrogen (secondary N) is 2. The highest BCUT2D eigenvalue weighted by Crippen LogP contribution is 2.24. The zero-order valence-electron chi connectivity index (χ0n) is 13.8. The first kappa shape index (κ1) is 15.7. The topological polar surface area (TPSA) is 81.2 Å². The summed E-state index contributed by atoms with van der Waals surface area (Å²) in [5, 5.41) is 12.1. The standard InChI is InChI=1S/C19H20N4O2/c24-12-18-21-16-7-6-13(10-17(16)22-18)19(25)20-14-4-3-5-15(11-14)23-8-1-2-9-23/h3-7,10-11,24H,1-2,8-9,12H2,(H,20,25)(H,21,22).